The molecule has 0 aliphatic carbocycles. The third kappa shape index (κ3) is 3.42. The average Bonchev–Trinajstić information content (AvgIpc) is 3.37. The summed E-state index contributed by atoms with van der Waals surface area (Å²) >= 11 is 1.47. The molecule has 1 aliphatic rings. The second-order valence-electron chi connectivity index (χ2n) is 7.09. The fraction of sp³-hybridized carbons (Fsp3) is 0.238. The lowest BCUT2D eigenvalue weighted by Gasteiger charge is -2.19. The van der Waals surface area contributed by atoms with E-state index in [1.165, 1.54) is 30.2 Å². The van der Waals surface area contributed by atoms with Crippen LogP contribution in [0.2, 0.25) is 0 Å². The fourth-order valence-corrected chi connectivity index (χ4v) is 5.05. The molecule has 7 nitrogen and oxygen atoms in total. The van der Waals surface area contributed by atoms with Crippen LogP contribution in [0.25, 0.3) is 5.69 Å². The molecular formula is C21H22N4O3S2. The van der Waals surface area contributed by atoms with E-state index in [2.05, 4.69) is 4.98 Å². The van der Waals surface area contributed by atoms with E-state index in [9.17, 15) is 13.2 Å². The summed E-state index contributed by atoms with van der Waals surface area (Å²) in [5.74, 6) is -0.159. The van der Waals surface area contributed by atoms with Crippen molar-refractivity contribution in [2.75, 3.05) is 31.8 Å². The second-order valence-corrected chi connectivity index (χ2v) is 10.0. The van der Waals surface area contributed by atoms with Gasteiger partial charge in [-0.05, 0) is 48.6 Å². The van der Waals surface area contributed by atoms with Gasteiger partial charge in [0.2, 0.25) is 10.0 Å². The minimum absolute atomic E-state index is 0.159. The van der Waals surface area contributed by atoms with Gasteiger partial charge >= 0.3 is 0 Å². The van der Waals surface area contributed by atoms with E-state index in [1.54, 1.807) is 29.3 Å². The maximum Gasteiger partial charge on any atom is 0.276 e. The molecule has 2 heterocycles. The lowest BCUT2D eigenvalue weighted by molar-refractivity contribution is 0.0982. The van der Waals surface area contributed by atoms with E-state index in [1.807, 2.05) is 41.2 Å². The van der Waals surface area contributed by atoms with Crippen molar-refractivity contribution in [2.45, 2.75) is 16.5 Å². The van der Waals surface area contributed by atoms with Crippen LogP contribution in [0, 0.1) is 0 Å². The van der Waals surface area contributed by atoms with Gasteiger partial charge in [0.1, 0.15) is 5.69 Å². The zero-order valence-electron chi connectivity index (χ0n) is 16.9. The quantitative estimate of drug-likeness (QED) is 0.568. The molecular weight excluding hydrogens is 420 g/mol. The maximum atomic E-state index is 13.5. The number of carbonyl (C=O) groups is 1. The molecule has 30 heavy (non-hydrogen) atoms. The molecule has 0 radical (unpaired) electrons. The number of nitrogens with zero attached hydrogens (tertiary/aromatic N) is 4. The number of amides is 1. The van der Waals surface area contributed by atoms with E-state index in [-0.39, 0.29) is 10.8 Å². The van der Waals surface area contributed by atoms with Crippen LogP contribution in [-0.2, 0) is 16.4 Å². The summed E-state index contributed by atoms with van der Waals surface area (Å²) in [6, 6.07) is 14.6. The molecule has 0 bridgehead atoms. The van der Waals surface area contributed by atoms with Crippen molar-refractivity contribution in [3.05, 3.63) is 66.0 Å². The zero-order valence-corrected chi connectivity index (χ0v) is 18.6. The van der Waals surface area contributed by atoms with Gasteiger partial charge in [-0.15, -0.1) is 0 Å². The smallest absolute Gasteiger partial charge is 0.276 e. The molecule has 0 fully saturated rings. The lowest BCUT2D eigenvalue weighted by Crippen LogP contribution is -2.30. The predicted molar refractivity (Wildman–Crippen MR) is 118 cm³/mol. The van der Waals surface area contributed by atoms with Crippen LogP contribution in [0.4, 0.5) is 5.69 Å². The maximum absolute atomic E-state index is 13.5. The highest BCUT2D eigenvalue weighted by Crippen LogP contribution is 2.33. The molecule has 1 aromatic heterocycles. The van der Waals surface area contributed by atoms with Crippen LogP contribution >= 0.6 is 11.8 Å². The summed E-state index contributed by atoms with van der Waals surface area (Å²) in [5, 5.41) is 0.733. The molecule has 1 aliphatic heterocycles. The van der Waals surface area contributed by atoms with Gasteiger partial charge in [0.15, 0.2) is 5.16 Å². The molecule has 0 saturated carbocycles. The van der Waals surface area contributed by atoms with Crippen LogP contribution in [0.1, 0.15) is 16.1 Å². The molecule has 1 amide bonds. The Morgan fingerprint density at radius 1 is 1.13 bits per heavy atom. The Kier molecular flexibility index (Phi) is 5.44. The number of thioether (sulfide) groups is 1. The second kappa shape index (κ2) is 7.90. The number of fused-ring (bicyclic) bond motifs is 1. The molecule has 9 heteroatoms. The molecule has 156 valence electrons. The van der Waals surface area contributed by atoms with Crippen LogP contribution in [-0.4, -0.2) is 55.1 Å². The van der Waals surface area contributed by atoms with Gasteiger partial charge in [-0.1, -0.05) is 30.0 Å². The van der Waals surface area contributed by atoms with Gasteiger partial charge in [0.25, 0.3) is 5.91 Å². The van der Waals surface area contributed by atoms with Crippen LogP contribution < -0.4 is 4.90 Å². The van der Waals surface area contributed by atoms with Gasteiger partial charge < -0.3 is 4.90 Å². The number of carbonyl (C=O) groups excluding carboxylic acids is 1. The van der Waals surface area contributed by atoms with E-state index in [4.69, 9.17) is 0 Å². The third-order valence-corrected chi connectivity index (χ3v) is 7.58. The summed E-state index contributed by atoms with van der Waals surface area (Å²) in [5.41, 5.74) is 2.93. The first-order chi connectivity index (χ1) is 14.3. The van der Waals surface area contributed by atoms with Gasteiger partial charge in [-0.3, -0.25) is 9.36 Å². The summed E-state index contributed by atoms with van der Waals surface area (Å²) in [6.45, 7) is 0.494. The normalized spacial score (nSPS) is 13.7. The third-order valence-electron chi connectivity index (χ3n) is 5.12. The number of aromatic nitrogens is 2. The first-order valence-electron chi connectivity index (χ1n) is 9.39. The van der Waals surface area contributed by atoms with Crippen molar-refractivity contribution in [3.8, 4) is 5.69 Å². The van der Waals surface area contributed by atoms with Gasteiger partial charge in [-0.2, -0.15) is 0 Å². The average molecular weight is 443 g/mol. The summed E-state index contributed by atoms with van der Waals surface area (Å²) in [4.78, 5) is 19.8. The largest absolute Gasteiger partial charge is 0.306 e. The Labute approximate surface area is 180 Å². The Balaban J connectivity index is 1.72. The highest BCUT2D eigenvalue weighted by atomic mass is 32.2. The monoisotopic (exact) mass is 442 g/mol. The fourth-order valence-electron chi connectivity index (χ4n) is 3.55. The molecule has 0 saturated heterocycles. The van der Waals surface area contributed by atoms with Gasteiger partial charge in [-0.25, -0.2) is 17.7 Å². The topological polar surface area (TPSA) is 75.5 Å². The molecule has 0 atom stereocenters. The van der Waals surface area contributed by atoms with Crippen molar-refractivity contribution in [1.82, 2.24) is 13.9 Å². The summed E-state index contributed by atoms with van der Waals surface area (Å²) < 4.78 is 27.9. The van der Waals surface area contributed by atoms with E-state index < -0.39 is 10.0 Å². The summed E-state index contributed by atoms with van der Waals surface area (Å²) in [6.07, 6.45) is 4.13. The summed E-state index contributed by atoms with van der Waals surface area (Å²) in [7, 11) is -0.505. The standard InChI is InChI=1S/C21H22N4O3S2/c1-23(2)30(27,28)17-9-10-18-15(13-17)11-12-24(18)20(26)19-14-22-21(29-3)25(19)16-7-5-4-6-8-16/h4-10,13-14H,11-12H2,1-3H3. The molecule has 4 rings (SSSR count). The first kappa shape index (κ1) is 20.6. The zero-order chi connectivity index (χ0) is 21.5. The molecule has 0 N–H and O–H groups in total. The van der Waals surface area contributed by atoms with Crippen molar-refractivity contribution in [3.63, 3.8) is 0 Å². The number of hydrogen-bond donors (Lipinski definition) is 0. The van der Waals surface area contributed by atoms with Gasteiger partial charge in [0.05, 0.1) is 11.1 Å². The van der Waals surface area contributed by atoms with Crippen molar-refractivity contribution < 1.29 is 13.2 Å². The first-order valence-corrected chi connectivity index (χ1v) is 12.1. The number of rotatable bonds is 5. The van der Waals surface area contributed by atoms with Crippen LogP contribution in [0.3, 0.4) is 0 Å². The predicted octanol–water partition coefficient (Wildman–Crippen LogP) is 3.05. The molecule has 0 spiro atoms. The Bertz CT molecular complexity index is 1200. The van der Waals surface area contributed by atoms with Crippen LogP contribution in [0.15, 0.2) is 64.8 Å². The number of anilines is 1. The minimum atomic E-state index is -3.52. The van der Waals surface area contributed by atoms with Crippen molar-refractivity contribution in [2.24, 2.45) is 0 Å². The Morgan fingerprint density at radius 2 is 1.87 bits per heavy atom. The highest BCUT2D eigenvalue weighted by molar-refractivity contribution is 7.98. The van der Waals surface area contributed by atoms with E-state index in [0.717, 1.165) is 22.1 Å². The van der Waals surface area contributed by atoms with Crippen LogP contribution in [0.5, 0.6) is 0 Å². The number of para-hydroxylation sites is 1. The SMILES string of the molecule is CSc1ncc(C(=O)N2CCc3cc(S(=O)(=O)N(C)C)ccc32)n1-c1ccccc1. The molecule has 3 aromatic rings. The van der Waals surface area contributed by atoms with Crippen molar-refractivity contribution in [1.29, 1.82) is 0 Å². The Morgan fingerprint density at radius 3 is 2.53 bits per heavy atom. The van der Waals surface area contributed by atoms with E-state index >= 15 is 0 Å². The number of benzene rings is 2. The number of hydrogen-bond acceptors (Lipinski definition) is 5. The van der Waals surface area contributed by atoms with E-state index in [0.29, 0.717) is 18.7 Å². The highest BCUT2D eigenvalue weighted by Gasteiger charge is 2.30. The van der Waals surface area contributed by atoms with Gasteiger partial charge in [0, 0.05) is 32.0 Å². The molecule has 0 unspecified atom stereocenters. The number of imidazole rings is 1. The number of sulfonamides is 1. The van der Waals surface area contributed by atoms with Crippen molar-refractivity contribution >= 4 is 33.4 Å². The minimum Gasteiger partial charge on any atom is -0.306 e. The molecule has 2 aromatic carbocycles. The lowest BCUT2D eigenvalue weighted by atomic mass is 10.2. The Hall–Kier alpha value is -2.62.